The lowest BCUT2D eigenvalue weighted by Gasteiger charge is -2.54. The van der Waals surface area contributed by atoms with E-state index in [1.54, 1.807) is 14.2 Å². The van der Waals surface area contributed by atoms with Crippen molar-refractivity contribution in [2.45, 2.75) is 70.5 Å². The third kappa shape index (κ3) is 4.30. The fraction of sp³-hybridized carbons (Fsp3) is 0.679. The van der Waals surface area contributed by atoms with Crippen molar-refractivity contribution in [3.63, 3.8) is 0 Å². The van der Waals surface area contributed by atoms with Gasteiger partial charge in [-0.15, -0.1) is 0 Å². The molecule has 5 atom stereocenters. The molecular weight excluding hydrogens is 426 g/mol. The smallest absolute Gasteiger partial charge is 0.318 e. The van der Waals surface area contributed by atoms with Crippen LogP contribution in [0.4, 0.5) is 4.79 Å². The summed E-state index contributed by atoms with van der Waals surface area (Å²) in [6.07, 6.45) is 10.1. The predicted octanol–water partition coefficient (Wildman–Crippen LogP) is 5.01. The summed E-state index contributed by atoms with van der Waals surface area (Å²) in [6.45, 7) is 7.54. The molecule has 34 heavy (non-hydrogen) atoms. The molecule has 2 bridgehead atoms. The number of amides is 2. The number of fused-ring (bicyclic) bond motifs is 6. The number of nitrogens with one attached hydrogen (secondary N) is 1. The minimum atomic E-state index is -0.0872. The molecule has 1 aromatic rings. The summed E-state index contributed by atoms with van der Waals surface area (Å²) in [4.78, 5) is 18.7. The largest absolute Gasteiger partial charge is 0.493 e. The van der Waals surface area contributed by atoms with Gasteiger partial charge >= 0.3 is 6.03 Å². The first-order chi connectivity index (χ1) is 16.5. The van der Waals surface area contributed by atoms with Gasteiger partial charge in [0.25, 0.3) is 0 Å². The summed E-state index contributed by atoms with van der Waals surface area (Å²) < 4.78 is 10.9. The number of urea groups is 1. The Bertz CT molecular complexity index is 929. The van der Waals surface area contributed by atoms with Crippen LogP contribution in [0.3, 0.4) is 0 Å². The molecule has 0 spiro atoms. The lowest BCUT2D eigenvalue weighted by atomic mass is 9.68. The Labute approximate surface area is 204 Å². The third-order valence-electron chi connectivity index (χ3n) is 8.63. The first-order valence-electron chi connectivity index (χ1n) is 13.2. The second-order valence-corrected chi connectivity index (χ2v) is 11.0. The van der Waals surface area contributed by atoms with E-state index in [-0.39, 0.29) is 24.0 Å². The van der Waals surface area contributed by atoms with Crippen molar-refractivity contribution in [3.8, 4) is 11.5 Å². The average Bonchev–Trinajstić information content (AvgIpc) is 2.86. The second-order valence-electron chi connectivity index (χ2n) is 11.0. The number of hydrogen-bond acceptors (Lipinski definition) is 4. The number of carbonyl (C=O) groups is 1. The predicted molar refractivity (Wildman–Crippen MR) is 134 cm³/mol. The Balaban J connectivity index is 1.37. The molecule has 6 heteroatoms. The van der Waals surface area contributed by atoms with Crippen LogP contribution in [0.2, 0.25) is 0 Å². The molecule has 3 unspecified atom stereocenters. The molecule has 3 aliphatic heterocycles. The maximum absolute atomic E-state index is 13.8. The first kappa shape index (κ1) is 23.5. The number of benzene rings is 1. The van der Waals surface area contributed by atoms with Gasteiger partial charge in [-0.2, -0.15) is 0 Å². The summed E-state index contributed by atoms with van der Waals surface area (Å²) >= 11 is 0. The van der Waals surface area contributed by atoms with E-state index in [0.717, 1.165) is 37.5 Å². The quantitative estimate of drug-likeness (QED) is 0.619. The van der Waals surface area contributed by atoms with E-state index in [2.05, 4.69) is 35.0 Å². The molecule has 3 saturated heterocycles. The fourth-order valence-electron chi connectivity index (χ4n) is 7.10. The van der Waals surface area contributed by atoms with Crippen molar-refractivity contribution >= 4 is 6.03 Å². The van der Waals surface area contributed by atoms with Gasteiger partial charge in [-0.3, -0.25) is 4.90 Å². The fourth-order valence-corrected chi connectivity index (χ4v) is 7.10. The van der Waals surface area contributed by atoms with Crippen LogP contribution >= 0.6 is 0 Å². The van der Waals surface area contributed by atoms with Crippen molar-refractivity contribution in [1.82, 2.24) is 15.1 Å². The lowest BCUT2D eigenvalue weighted by molar-refractivity contribution is 0.00753. The molecule has 3 heterocycles. The van der Waals surface area contributed by atoms with Gasteiger partial charge in [0.1, 0.15) is 0 Å². The van der Waals surface area contributed by atoms with Crippen LogP contribution in [-0.4, -0.2) is 61.8 Å². The number of methoxy groups -OCH3 is 2. The molecular formula is C28H41N3O3. The monoisotopic (exact) mass is 467 g/mol. The highest BCUT2D eigenvalue weighted by Crippen LogP contribution is 2.45. The van der Waals surface area contributed by atoms with Crippen LogP contribution in [0.1, 0.15) is 64.0 Å². The van der Waals surface area contributed by atoms with E-state index in [1.165, 1.54) is 37.8 Å². The Morgan fingerprint density at radius 2 is 1.91 bits per heavy atom. The summed E-state index contributed by atoms with van der Waals surface area (Å²) in [5.41, 5.74) is 2.58. The highest BCUT2D eigenvalue weighted by Gasteiger charge is 2.47. The van der Waals surface area contributed by atoms with Crippen LogP contribution in [0.25, 0.3) is 0 Å². The summed E-state index contributed by atoms with van der Waals surface area (Å²) in [6, 6.07) is 6.93. The average molecular weight is 468 g/mol. The molecule has 4 aliphatic rings. The Morgan fingerprint density at radius 1 is 1.09 bits per heavy atom. The minimum absolute atomic E-state index is 0.0725. The van der Waals surface area contributed by atoms with Crippen LogP contribution in [0.5, 0.6) is 11.5 Å². The number of piperidine rings is 3. The van der Waals surface area contributed by atoms with Crippen LogP contribution in [0, 0.1) is 17.8 Å². The molecule has 1 aromatic carbocycles. The molecule has 186 valence electrons. The van der Waals surface area contributed by atoms with Crippen LogP contribution in [-0.2, 0) is 0 Å². The van der Waals surface area contributed by atoms with E-state index in [4.69, 9.17) is 9.47 Å². The zero-order valence-corrected chi connectivity index (χ0v) is 21.3. The zero-order valence-electron chi connectivity index (χ0n) is 21.3. The van der Waals surface area contributed by atoms with Crippen molar-refractivity contribution in [2.24, 2.45) is 17.8 Å². The molecule has 0 aromatic heterocycles. The molecule has 1 N–H and O–H groups in total. The number of nitrogens with zero attached hydrogens (tertiary/aromatic N) is 2. The summed E-state index contributed by atoms with van der Waals surface area (Å²) in [5.74, 6) is 2.89. The van der Waals surface area contributed by atoms with Gasteiger partial charge in [-0.1, -0.05) is 38.0 Å². The van der Waals surface area contributed by atoms with Gasteiger partial charge < -0.3 is 19.7 Å². The molecule has 0 saturated carbocycles. The van der Waals surface area contributed by atoms with Crippen molar-refractivity contribution in [3.05, 3.63) is 35.4 Å². The van der Waals surface area contributed by atoms with E-state index >= 15 is 0 Å². The number of hydrogen-bond donors (Lipinski definition) is 1. The van der Waals surface area contributed by atoms with Gasteiger partial charge in [0.15, 0.2) is 11.5 Å². The van der Waals surface area contributed by atoms with Gasteiger partial charge in [0.05, 0.1) is 26.3 Å². The van der Waals surface area contributed by atoms with Crippen molar-refractivity contribution in [2.75, 3.05) is 33.9 Å². The van der Waals surface area contributed by atoms with Gasteiger partial charge in [0, 0.05) is 19.1 Å². The lowest BCUT2D eigenvalue weighted by Crippen LogP contribution is -2.61. The van der Waals surface area contributed by atoms with E-state index < -0.39 is 0 Å². The molecule has 2 amide bonds. The summed E-state index contributed by atoms with van der Waals surface area (Å²) in [7, 11) is 3.30. The topological polar surface area (TPSA) is 54.0 Å². The Morgan fingerprint density at radius 3 is 2.68 bits per heavy atom. The van der Waals surface area contributed by atoms with Crippen LogP contribution < -0.4 is 14.8 Å². The summed E-state index contributed by atoms with van der Waals surface area (Å²) in [5, 5.41) is 3.40. The molecule has 1 aliphatic carbocycles. The van der Waals surface area contributed by atoms with E-state index in [1.807, 2.05) is 18.2 Å². The highest BCUT2D eigenvalue weighted by molar-refractivity contribution is 5.76. The van der Waals surface area contributed by atoms with E-state index in [9.17, 15) is 4.79 Å². The number of carbonyl (C=O) groups excluding carboxylic acids is 1. The normalized spacial score (nSPS) is 29.6. The highest BCUT2D eigenvalue weighted by atomic mass is 16.5. The second kappa shape index (κ2) is 9.80. The first-order valence-corrected chi connectivity index (χ1v) is 13.2. The third-order valence-corrected chi connectivity index (χ3v) is 8.63. The SMILES string of the molecule is COc1ccc(C(NC(=O)N2CCCC3=C[C@@H]4C[C@H](CN5CCCCC45)C32)C(C)C)cc1OC. The van der Waals surface area contributed by atoms with Crippen molar-refractivity contribution < 1.29 is 14.3 Å². The zero-order chi connectivity index (χ0) is 23.8. The van der Waals surface area contributed by atoms with Crippen molar-refractivity contribution in [1.29, 1.82) is 0 Å². The maximum Gasteiger partial charge on any atom is 0.318 e. The van der Waals surface area contributed by atoms with Gasteiger partial charge in [-0.05, 0) is 74.1 Å². The standard InChI is InChI=1S/C28H41N3O3/c1-18(2)26(19-10-11-24(33-3)25(16-19)34-4)29-28(32)31-13-7-8-20-14-21-15-22(27(20)31)17-30-12-6-5-9-23(21)30/h10-11,14,16,18,21-23,26-27H,5-9,12-13,15,17H2,1-4H3,(H,29,32)/t21-,22-,23?,26?,27?/m1/s1. The molecule has 3 fully saturated rings. The van der Waals surface area contributed by atoms with Gasteiger partial charge in [-0.25, -0.2) is 4.79 Å². The minimum Gasteiger partial charge on any atom is -0.493 e. The Hall–Kier alpha value is -2.21. The number of rotatable bonds is 5. The van der Waals surface area contributed by atoms with Crippen LogP contribution in [0.15, 0.2) is 29.8 Å². The molecule has 0 radical (unpaired) electrons. The maximum atomic E-state index is 13.8. The van der Waals surface area contributed by atoms with E-state index in [0.29, 0.717) is 23.3 Å². The Kier molecular flexibility index (Phi) is 6.79. The number of likely N-dealkylation sites (tertiary alicyclic amines) is 1. The number of ether oxygens (including phenoxy) is 2. The van der Waals surface area contributed by atoms with Gasteiger partial charge in [0.2, 0.25) is 0 Å². The molecule has 5 rings (SSSR count). The molecule has 6 nitrogen and oxygen atoms in total.